The minimum atomic E-state index is -0.261. The highest BCUT2D eigenvalue weighted by Gasteiger charge is 2.25. The van der Waals surface area contributed by atoms with Crippen molar-refractivity contribution in [3.05, 3.63) is 11.3 Å². The van der Waals surface area contributed by atoms with E-state index < -0.39 is 0 Å². The molecule has 4 heteroatoms. The van der Waals surface area contributed by atoms with Gasteiger partial charge >= 0.3 is 5.97 Å². The van der Waals surface area contributed by atoms with Crippen molar-refractivity contribution in [3.8, 4) is 0 Å². The Balaban J connectivity index is 2.73. The van der Waals surface area contributed by atoms with Crippen LogP contribution < -0.4 is 5.32 Å². The molecule has 1 aliphatic rings. The zero-order chi connectivity index (χ0) is 12.8. The summed E-state index contributed by atoms with van der Waals surface area (Å²) in [6, 6.07) is -0.109. The van der Waals surface area contributed by atoms with Crippen molar-refractivity contribution < 1.29 is 9.53 Å². The Hall–Kier alpha value is -1.32. The molecule has 0 radical (unpaired) electrons. The highest BCUT2D eigenvalue weighted by molar-refractivity contribution is 5.95. The summed E-state index contributed by atoms with van der Waals surface area (Å²) in [5, 5.41) is 3.20. The van der Waals surface area contributed by atoms with Gasteiger partial charge in [0.15, 0.2) is 0 Å². The first-order valence-corrected chi connectivity index (χ1v) is 6.31. The van der Waals surface area contributed by atoms with Gasteiger partial charge in [-0.3, -0.25) is 4.99 Å². The number of nitrogens with zero attached hydrogens (tertiary/aromatic N) is 1. The lowest BCUT2D eigenvalue weighted by atomic mass is 10.0. The van der Waals surface area contributed by atoms with Crippen LogP contribution in [0.1, 0.15) is 47.0 Å². The fourth-order valence-corrected chi connectivity index (χ4v) is 1.93. The number of hydrogen-bond donors (Lipinski definition) is 1. The fourth-order valence-electron chi connectivity index (χ4n) is 1.93. The minimum absolute atomic E-state index is 0.109. The second kappa shape index (κ2) is 6.42. The maximum absolute atomic E-state index is 11.8. The number of amidine groups is 1. The lowest BCUT2D eigenvalue weighted by Crippen LogP contribution is -2.34. The summed E-state index contributed by atoms with van der Waals surface area (Å²) in [5.41, 5.74) is 1.52. The van der Waals surface area contributed by atoms with Crippen LogP contribution in [0.15, 0.2) is 16.3 Å². The van der Waals surface area contributed by atoms with E-state index in [0.717, 1.165) is 30.8 Å². The number of unbranched alkanes of at least 4 members (excludes halogenated alkanes) is 1. The van der Waals surface area contributed by atoms with Gasteiger partial charge in [-0.15, -0.1) is 0 Å². The number of allylic oxidation sites excluding steroid dienone is 1. The Labute approximate surface area is 103 Å². The third-order valence-corrected chi connectivity index (χ3v) is 2.77. The van der Waals surface area contributed by atoms with Gasteiger partial charge in [-0.25, -0.2) is 4.79 Å². The van der Waals surface area contributed by atoms with Crippen molar-refractivity contribution in [2.75, 3.05) is 6.61 Å². The van der Waals surface area contributed by atoms with Crippen molar-refractivity contribution in [2.24, 2.45) is 4.99 Å². The van der Waals surface area contributed by atoms with E-state index in [1.165, 1.54) is 0 Å². The van der Waals surface area contributed by atoms with Crippen LogP contribution >= 0.6 is 0 Å². The fraction of sp³-hybridized carbons (Fsp3) is 0.692. The van der Waals surface area contributed by atoms with Gasteiger partial charge in [0.25, 0.3) is 0 Å². The van der Waals surface area contributed by atoms with Crippen LogP contribution in [-0.2, 0) is 9.53 Å². The maximum Gasteiger partial charge on any atom is 0.337 e. The Morgan fingerprint density at radius 3 is 2.71 bits per heavy atom. The molecule has 96 valence electrons. The Morgan fingerprint density at radius 1 is 1.47 bits per heavy atom. The number of rotatable bonds is 5. The molecular weight excluding hydrogens is 216 g/mol. The normalized spacial score (nSPS) is 19.8. The van der Waals surface area contributed by atoms with Crippen molar-refractivity contribution in [2.45, 2.75) is 53.0 Å². The Kier molecular flexibility index (Phi) is 5.19. The quantitative estimate of drug-likeness (QED) is 0.748. The molecule has 1 N–H and O–H groups in total. The average molecular weight is 238 g/mol. The molecule has 0 fully saturated rings. The van der Waals surface area contributed by atoms with Crippen LogP contribution in [0.25, 0.3) is 0 Å². The minimum Gasteiger partial charge on any atom is -0.463 e. The van der Waals surface area contributed by atoms with Crippen LogP contribution in [0.2, 0.25) is 0 Å². The molecule has 1 heterocycles. The SMILES string of the molecule is CCCCC1=N[C@H](C)C(C(=O)OCC)=C(C)N1. The molecule has 1 rings (SSSR count). The van der Waals surface area contributed by atoms with Crippen LogP contribution in [0, 0.1) is 0 Å². The van der Waals surface area contributed by atoms with E-state index in [0.29, 0.717) is 12.2 Å². The zero-order valence-electron chi connectivity index (χ0n) is 11.2. The lowest BCUT2D eigenvalue weighted by molar-refractivity contribution is -0.138. The predicted molar refractivity (Wildman–Crippen MR) is 68.9 cm³/mol. The predicted octanol–water partition coefficient (Wildman–Crippen LogP) is 2.40. The van der Waals surface area contributed by atoms with Gasteiger partial charge in [-0.05, 0) is 27.2 Å². The van der Waals surface area contributed by atoms with E-state index in [1.807, 2.05) is 20.8 Å². The number of ether oxygens (including phenoxy) is 1. The molecule has 0 saturated heterocycles. The van der Waals surface area contributed by atoms with Crippen molar-refractivity contribution in [1.29, 1.82) is 0 Å². The number of aliphatic imine (C=N–C) groups is 1. The molecule has 0 amide bonds. The first-order chi connectivity index (χ1) is 8.10. The van der Waals surface area contributed by atoms with E-state index in [1.54, 1.807) is 0 Å². The molecule has 0 aromatic carbocycles. The molecule has 0 saturated carbocycles. The topological polar surface area (TPSA) is 50.7 Å². The summed E-state index contributed by atoms with van der Waals surface area (Å²) in [5.74, 6) is 0.716. The molecule has 0 spiro atoms. The van der Waals surface area contributed by atoms with E-state index in [4.69, 9.17) is 4.74 Å². The maximum atomic E-state index is 11.8. The first kappa shape index (κ1) is 13.7. The monoisotopic (exact) mass is 238 g/mol. The van der Waals surface area contributed by atoms with Gasteiger partial charge in [-0.1, -0.05) is 13.3 Å². The van der Waals surface area contributed by atoms with Crippen molar-refractivity contribution >= 4 is 11.8 Å². The average Bonchev–Trinajstić information content (AvgIpc) is 2.25. The van der Waals surface area contributed by atoms with Crippen LogP contribution in [0.4, 0.5) is 0 Å². The summed E-state index contributed by atoms with van der Waals surface area (Å²) in [6.07, 6.45) is 3.19. The summed E-state index contributed by atoms with van der Waals surface area (Å²) >= 11 is 0. The third kappa shape index (κ3) is 3.58. The van der Waals surface area contributed by atoms with E-state index >= 15 is 0 Å². The summed E-state index contributed by atoms with van der Waals surface area (Å²) < 4.78 is 5.03. The van der Waals surface area contributed by atoms with Gasteiger partial charge in [0.05, 0.1) is 18.2 Å². The molecule has 0 bridgehead atoms. The molecule has 1 atom stereocenters. The van der Waals surface area contributed by atoms with E-state index in [9.17, 15) is 4.79 Å². The molecule has 0 unspecified atom stereocenters. The molecular formula is C13H22N2O2. The second-order valence-corrected chi connectivity index (χ2v) is 4.24. The first-order valence-electron chi connectivity index (χ1n) is 6.31. The summed E-state index contributed by atoms with van der Waals surface area (Å²) in [4.78, 5) is 16.3. The summed E-state index contributed by atoms with van der Waals surface area (Å²) in [7, 11) is 0. The highest BCUT2D eigenvalue weighted by atomic mass is 16.5. The summed E-state index contributed by atoms with van der Waals surface area (Å²) in [6.45, 7) is 8.20. The smallest absolute Gasteiger partial charge is 0.337 e. The standard InChI is InChI=1S/C13H22N2O2/c1-5-7-8-11-14-9(3)12(10(4)15-11)13(16)17-6-2/h9H,5-8H2,1-4H3,(H,14,15)/t9-/m1/s1. The molecule has 4 nitrogen and oxygen atoms in total. The number of carbonyl (C=O) groups is 1. The van der Waals surface area contributed by atoms with Gasteiger partial charge in [0, 0.05) is 12.1 Å². The second-order valence-electron chi connectivity index (χ2n) is 4.24. The molecule has 0 aromatic rings. The van der Waals surface area contributed by atoms with Gasteiger partial charge in [0.2, 0.25) is 0 Å². The molecule has 1 aliphatic heterocycles. The lowest BCUT2D eigenvalue weighted by Gasteiger charge is -2.23. The number of hydrogen-bond acceptors (Lipinski definition) is 4. The van der Waals surface area contributed by atoms with Gasteiger partial charge in [-0.2, -0.15) is 0 Å². The van der Waals surface area contributed by atoms with Crippen LogP contribution in [0.3, 0.4) is 0 Å². The van der Waals surface area contributed by atoms with Crippen molar-refractivity contribution in [1.82, 2.24) is 5.32 Å². The van der Waals surface area contributed by atoms with Gasteiger partial charge in [0.1, 0.15) is 5.84 Å². The van der Waals surface area contributed by atoms with E-state index in [-0.39, 0.29) is 12.0 Å². The zero-order valence-corrected chi connectivity index (χ0v) is 11.2. The van der Waals surface area contributed by atoms with Crippen LogP contribution in [0.5, 0.6) is 0 Å². The number of carbonyl (C=O) groups excluding carboxylic acids is 1. The Morgan fingerprint density at radius 2 is 2.18 bits per heavy atom. The van der Waals surface area contributed by atoms with Crippen molar-refractivity contribution in [3.63, 3.8) is 0 Å². The van der Waals surface area contributed by atoms with Gasteiger partial charge < -0.3 is 10.1 Å². The van der Waals surface area contributed by atoms with E-state index in [2.05, 4.69) is 17.2 Å². The molecule has 0 aromatic heterocycles. The Bertz CT molecular complexity index is 345. The molecule has 17 heavy (non-hydrogen) atoms. The number of esters is 1. The third-order valence-electron chi connectivity index (χ3n) is 2.77. The molecule has 0 aliphatic carbocycles. The number of nitrogens with one attached hydrogen (secondary N) is 1. The highest BCUT2D eigenvalue weighted by Crippen LogP contribution is 2.18. The largest absolute Gasteiger partial charge is 0.463 e. The van der Waals surface area contributed by atoms with Crippen LogP contribution in [-0.4, -0.2) is 24.5 Å².